The summed E-state index contributed by atoms with van der Waals surface area (Å²) in [7, 11) is 0. The fraction of sp³-hybridized carbons (Fsp3) is 0.143. The first kappa shape index (κ1) is 6.04. The number of hydrogen-bond acceptors (Lipinski definition) is 2. The molecular weight excluding hydrogens is 151 g/mol. The van der Waals surface area contributed by atoms with Crippen LogP contribution in [0, 0.1) is 0 Å². The van der Waals surface area contributed by atoms with Gasteiger partial charge in [-0.15, -0.1) is 0 Å². The van der Waals surface area contributed by atoms with E-state index >= 15 is 0 Å². The molecule has 1 aliphatic heterocycles. The quantitative estimate of drug-likeness (QED) is 0.570. The lowest BCUT2D eigenvalue weighted by molar-refractivity contribution is 0.161. The molecule has 1 unspecified atom stereocenters. The Hall–Kier alpha value is -0.700. The molecule has 1 aromatic carbocycles. The van der Waals surface area contributed by atoms with Crippen LogP contribution in [-0.4, -0.2) is 5.69 Å². The molecule has 0 aliphatic carbocycles. The summed E-state index contributed by atoms with van der Waals surface area (Å²) >= 11 is 1.10. The summed E-state index contributed by atoms with van der Waals surface area (Å²) in [5.41, 5.74) is -1.21. The van der Waals surface area contributed by atoms with Gasteiger partial charge in [-0.1, -0.05) is 12.1 Å². The van der Waals surface area contributed by atoms with Crippen LogP contribution in [-0.2, 0) is 0 Å². The Morgan fingerprint density at radius 2 is 2.20 bits per heavy atom. The van der Waals surface area contributed by atoms with Crippen LogP contribution >= 0.6 is 11.8 Å². The first-order valence-electron chi connectivity index (χ1n) is 2.93. The Kier molecular flexibility index (Phi) is 1.31. The van der Waals surface area contributed by atoms with E-state index in [4.69, 9.17) is 4.74 Å². The Bertz CT molecular complexity index is 226. The van der Waals surface area contributed by atoms with Gasteiger partial charge in [-0.25, -0.2) is 0 Å². The highest BCUT2D eigenvalue weighted by molar-refractivity contribution is 8.00. The van der Waals surface area contributed by atoms with Gasteiger partial charge in [0.05, 0.1) is 4.90 Å². The van der Waals surface area contributed by atoms with E-state index in [1.54, 1.807) is 6.07 Å². The lowest BCUT2D eigenvalue weighted by atomic mass is 10.3. The summed E-state index contributed by atoms with van der Waals surface area (Å²) in [4.78, 5) is 0.884. The third kappa shape index (κ3) is 0.865. The third-order valence-corrected chi connectivity index (χ3v) is 2.16. The van der Waals surface area contributed by atoms with Crippen LogP contribution in [0.25, 0.3) is 0 Å². The van der Waals surface area contributed by atoms with E-state index in [2.05, 4.69) is 0 Å². The number of alkyl halides is 1. The van der Waals surface area contributed by atoms with E-state index in [0.717, 1.165) is 16.7 Å². The first-order chi connectivity index (χ1) is 4.86. The zero-order valence-corrected chi connectivity index (χ0v) is 5.90. The Morgan fingerprint density at radius 3 is 3.00 bits per heavy atom. The molecule has 0 N–H and O–H groups in total. The van der Waals surface area contributed by atoms with Crippen LogP contribution in [0.2, 0.25) is 0 Å². The topological polar surface area (TPSA) is 9.23 Å². The molecular formula is C7H5FOS. The molecule has 3 heteroatoms. The van der Waals surface area contributed by atoms with Crippen LogP contribution in [0.4, 0.5) is 4.39 Å². The minimum absolute atomic E-state index is 0.653. The van der Waals surface area contributed by atoms with Crippen molar-refractivity contribution in [1.82, 2.24) is 0 Å². The summed E-state index contributed by atoms with van der Waals surface area (Å²) in [6.07, 6.45) is 0. The molecule has 1 aromatic rings. The van der Waals surface area contributed by atoms with E-state index < -0.39 is 5.69 Å². The number of fused-ring (bicyclic) bond motifs is 1. The molecule has 0 saturated carbocycles. The number of ether oxygens (including phenoxy) is 1. The SMILES string of the molecule is FC1Oc2ccccc2S1. The normalized spacial score (nSPS) is 21.9. The van der Waals surface area contributed by atoms with Crippen LogP contribution in [0.3, 0.4) is 0 Å². The highest BCUT2D eigenvalue weighted by atomic mass is 32.2. The van der Waals surface area contributed by atoms with Crippen molar-refractivity contribution in [2.45, 2.75) is 10.6 Å². The van der Waals surface area contributed by atoms with E-state index in [-0.39, 0.29) is 0 Å². The minimum atomic E-state index is -1.21. The van der Waals surface area contributed by atoms with E-state index in [0.29, 0.717) is 5.75 Å². The summed E-state index contributed by atoms with van der Waals surface area (Å²) in [6.45, 7) is 0. The zero-order valence-electron chi connectivity index (χ0n) is 5.08. The van der Waals surface area contributed by atoms with E-state index in [9.17, 15) is 4.39 Å². The van der Waals surface area contributed by atoms with E-state index in [1.165, 1.54) is 0 Å². The third-order valence-electron chi connectivity index (χ3n) is 1.29. The van der Waals surface area contributed by atoms with Crippen molar-refractivity contribution in [3.63, 3.8) is 0 Å². The van der Waals surface area contributed by atoms with Gasteiger partial charge in [-0.3, -0.25) is 0 Å². The molecule has 1 aliphatic rings. The molecule has 52 valence electrons. The van der Waals surface area contributed by atoms with Gasteiger partial charge in [-0.2, -0.15) is 4.39 Å². The molecule has 10 heavy (non-hydrogen) atoms. The van der Waals surface area contributed by atoms with Crippen molar-refractivity contribution in [3.8, 4) is 5.75 Å². The first-order valence-corrected chi connectivity index (χ1v) is 3.80. The zero-order chi connectivity index (χ0) is 6.97. The maximum atomic E-state index is 12.5. The Labute approximate surface area is 62.2 Å². The second kappa shape index (κ2) is 2.16. The molecule has 0 radical (unpaired) electrons. The monoisotopic (exact) mass is 156 g/mol. The van der Waals surface area contributed by atoms with Crippen LogP contribution in [0.1, 0.15) is 0 Å². The summed E-state index contributed by atoms with van der Waals surface area (Å²) < 4.78 is 17.3. The molecule has 0 fully saturated rings. The predicted molar refractivity (Wildman–Crippen MR) is 37.8 cm³/mol. The second-order valence-electron chi connectivity index (χ2n) is 1.96. The smallest absolute Gasteiger partial charge is 0.291 e. The van der Waals surface area contributed by atoms with Gasteiger partial charge in [0, 0.05) is 0 Å². The van der Waals surface area contributed by atoms with Gasteiger partial charge in [0.15, 0.2) is 0 Å². The highest BCUT2D eigenvalue weighted by Gasteiger charge is 2.21. The molecule has 0 saturated heterocycles. The van der Waals surface area contributed by atoms with Crippen molar-refractivity contribution in [2.75, 3.05) is 0 Å². The number of rotatable bonds is 0. The number of hydrogen-bond donors (Lipinski definition) is 0. The molecule has 0 amide bonds. The second-order valence-corrected chi connectivity index (χ2v) is 3.00. The Balaban J connectivity index is 2.42. The lowest BCUT2D eigenvalue weighted by Crippen LogP contribution is -1.95. The van der Waals surface area contributed by atoms with Crippen molar-refractivity contribution in [2.24, 2.45) is 0 Å². The van der Waals surface area contributed by atoms with Gasteiger partial charge in [0.25, 0.3) is 5.69 Å². The maximum Gasteiger partial charge on any atom is 0.291 e. The fourth-order valence-corrected chi connectivity index (χ4v) is 1.61. The van der Waals surface area contributed by atoms with Crippen LogP contribution < -0.4 is 4.74 Å². The van der Waals surface area contributed by atoms with E-state index in [1.807, 2.05) is 18.2 Å². The van der Waals surface area contributed by atoms with Crippen molar-refractivity contribution >= 4 is 11.8 Å². The lowest BCUT2D eigenvalue weighted by Gasteiger charge is -1.95. The summed E-state index contributed by atoms with van der Waals surface area (Å²) in [5.74, 6) is 0.653. The minimum Gasteiger partial charge on any atom is -0.450 e. The predicted octanol–water partition coefficient (Wildman–Crippen LogP) is 2.42. The van der Waals surface area contributed by atoms with Gasteiger partial charge in [0.2, 0.25) is 0 Å². The number of para-hydroxylation sites is 1. The molecule has 0 aromatic heterocycles. The van der Waals surface area contributed by atoms with Gasteiger partial charge >= 0.3 is 0 Å². The van der Waals surface area contributed by atoms with Crippen LogP contribution in [0.15, 0.2) is 29.2 Å². The molecule has 0 bridgehead atoms. The number of thioether (sulfide) groups is 1. The number of benzene rings is 1. The van der Waals surface area contributed by atoms with Gasteiger partial charge in [-0.05, 0) is 23.9 Å². The van der Waals surface area contributed by atoms with Crippen molar-refractivity contribution in [1.29, 1.82) is 0 Å². The molecule has 0 spiro atoms. The Morgan fingerprint density at radius 1 is 1.40 bits per heavy atom. The summed E-state index contributed by atoms with van der Waals surface area (Å²) in [5, 5.41) is 0. The average Bonchev–Trinajstić information content (AvgIpc) is 2.27. The average molecular weight is 156 g/mol. The summed E-state index contributed by atoms with van der Waals surface area (Å²) in [6, 6.07) is 7.31. The van der Waals surface area contributed by atoms with Crippen LogP contribution in [0.5, 0.6) is 5.75 Å². The molecule has 1 nitrogen and oxygen atoms in total. The van der Waals surface area contributed by atoms with Gasteiger partial charge < -0.3 is 4.74 Å². The standard InChI is InChI=1S/C7H5FOS/c8-7-9-5-3-1-2-4-6(5)10-7/h1-4,7H. The van der Waals surface area contributed by atoms with Crippen molar-refractivity contribution < 1.29 is 9.13 Å². The molecule has 1 heterocycles. The van der Waals surface area contributed by atoms with Crippen molar-refractivity contribution in [3.05, 3.63) is 24.3 Å². The highest BCUT2D eigenvalue weighted by Crippen LogP contribution is 2.40. The number of halogens is 1. The van der Waals surface area contributed by atoms with Gasteiger partial charge in [0.1, 0.15) is 5.75 Å². The molecule has 1 atom stereocenters. The fourth-order valence-electron chi connectivity index (χ4n) is 0.869. The maximum absolute atomic E-state index is 12.5. The molecule has 2 rings (SSSR count). The largest absolute Gasteiger partial charge is 0.450 e.